The Labute approximate surface area is 118 Å². The van der Waals surface area contributed by atoms with Crippen LogP contribution in [0.25, 0.3) is 0 Å². The smallest absolute Gasteiger partial charge is 0.223 e. The highest BCUT2D eigenvalue weighted by Crippen LogP contribution is 2.20. The van der Waals surface area contributed by atoms with Gasteiger partial charge in [-0.3, -0.25) is 4.79 Å². The van der Waals surface area contributed by atoms with Crippen LogP contribution in [0.15, 0.2) is 36.4 Å². The molecule has 4 heteroatoms. The average Bonchev–Trinajstić information content (AvgIpc) is 2.48. The minimum Gasteiger partial charge on any atom is -0.375 e. The van der Waals surface area contributed by atoms with Crippen molar-refractivity contribution in [2.24, 2.45) is 5.92 Å². The highest BCUT2D eigenvalue weighted by Gasteiger charge is 2.20. The monoisotopic (exact) mass is 277 g/mol. The van der Waals surface area contributed by atoms with Crippen LogP contribution in [0.5, 0.6) is 0 Å². The number of methoxy groups -OCH3 is 1. The first-order chi connectivity index (χ1) is 9.70. The molecule has 3 nitrogen and oxygen atoms in total. The second-order valence-corrected chi connectivity index (χ2v) is 5.01. The molecule has 0 aromatic heterocycles. The molecular formula is C16H20FNO2. The van der Waals surface area contributed by atoms with E-state index in [1.807, 2.05) is 6.08 Å². The number of ether oxygens (including phenoxy) is 1. The van der Waals surface area contributed by atoms with Crippen LogP contribution in [0, 0.1) is 11.7 Å². The van der Waals surface area contributed by atoms with E-state index in [4.69, 9.17) is 4.74 Å². The largest absolute Gasteiger partial charge is 0.375 e. The van der Waals surface area contributed by atoms with Gasteiger partial charge in [-0.25, -0.2) is 4.39 Å². The van der Waals surface area contributed by atoms with Crippen LogP contribution in [0.2, 0.25) is 0 Å². The van der Waals surface area contributed by atoms with Gasteiger partial charge in [0.15, 0.2) is 0 Å². The number of rotatable bonds is 5. The van der Waals surface area contributed by atoms with Gasteiger partial charge in [-0.2, -0.15) is 0 Å². The third-order valence-corrected chi connectivity index (χ3v) is 3.61. The van der Waals surface area contributed by atoms with Gasteiger partial charge in [-0.15, -0.1) is 0 Å². The molecular weight excluding hydrogens is 257 g/mol. The highest BCUT2D eigenvalue weighted by atomic mass is 19.1. The van der Waals surface area contributed by atoms with E-state index in [-0.39, 0.29) is 23.7 Å². The number of amides is 1. The van der Waals surface area contributed by atoms with Crippen molar-refractivity contribution in [3.63, 3.8) is 0 Å². The molecule has 1 aliphatic rings. The maximum atomic E-state index is 13.2. The lowest BCUT2D eigenvalue weighted by Crippen LogP contribution is -2.34. The molecule has 0 fully saturated rings. The van der Waals surface area contributed by atoms with Crippen molar-refractivity contribution in [2.75, 3.05) is 13.7 Å². The van der Waals surface area contributed by atoms with Gasteiger partial charge in [0.05, 0.1) is 6.10 Å². The molecule has 2 rings (SSSR count). The maximum absolute atomic E-state index is 13.2. The van der Waals surface area contributed by atoms with E-state index in [0.29, 0.717) is 6.54 Å². The van der Waals surface area contributed by atoms with Gasteiger partial charge in [0.2, 0.25) is 5.91 Å². The van der Waals surface area contributed by atoms with Crippen LogP contribution >= 0.6 is 0 Å². The third-order valence-electron chi connectivity index (χ3n) is 3.61. The fraction of sp³-hybridized carbons (Fsp3) is 0.438. The van der Waals surface area contributed by atoms with Gasteiger partial charge in [-0.05, 0) is 37.0 Å². The Morgan fingerprint density at radius 1 is 1.50 bits per heavy atom. The number of hydrogen-bond donors (Lipinski definition) is 1. The fourth-order valence-corrected chi connectivity index (χ4v) is 2.41. The van der Waals surface area contributed by atoms with Gasteiger partial charge >= 0.3 is 0 Å². The minimum absolute atomic E-state index is 0.0463. The van der Waals surface area contributed by atoms with Crippen LogP contribution in [-0.2, 0) is 9.53 Å². The number of hydrogen-bond acceptors (Lipinski definition) is 2. The molecule has 1 N–H and O–H groups in total. The van der Waals surface area contributed by atoms with E-state index in [1.165, 1.54) is 12.1 Å². The summed E-state index contributed by atoms with van der Waals surface area (Å²) in [5, 5.41) is 2.90. The Morgan fingerprint density at radius 2 is 2.35 bits per heavy atom. The lowest BCUT2D eigenvalue weighted by molar-refractivity contribution is -0.125. The van der Waals surface area contributed by atoms with Crippen molar-refractivity contribution in [2.45, 2.75) is 25.4 Å². The third kappa shape index (κ3) is 3.90. The van der Waals surface area contributed by atoms with E-state index in [9.17, 15) is 9.18 Å². The number of nitrogens with one attached hydrogen (secondary N) is 1. The molecule has 20 heavy (non-hydrogen) atoms. The molecule has 2 unspecified atom stereocenters. The zero-order chi connectivity index (χ0) is 14.4. The first kappa shape index (κ1) is 14.7. The van der Waals surface area contributed by atoms with Crippen LogP contribution < -0.4 is 5.32 Å². The predicted octanol–water partition coefficient (Wildman–Crippen LogP) is 2.99. The van der Waals surface area contributed by atoms with Gasteiger partial charge < -0.3 is 10.1 Å². The molecule has 0 heterocycles. The van der Waals surface area contributed by atoms with Crippen molar-refractivity contribution < 1.29 is 13.9 Å². The van der Waals surface area contributed by atoms with Gasteiger partial charge in [0, 0.05) is 19.6 Å². The van der Waals surface area contributed by atoms with Gasteiger partial charge in [-0.1, -0.05) is 24.3 Å². The molecule has 1 amide bonds. The first-order valence-corrected chi connectivity index (χ1v) is 6.91. The number of carbonyl (C=O) groups is 1. The van der Waals surface area contributed by atoms with E-state index < -0.39 is 0 Å². The highest BCUT2D eigenvalue weighted by molar-refractivity contribution is 5.79. The number of carbonyl (C=O) groups excluding carboxylic acids is 1. The molecule has 1 aliphatic carbocycles. The summed E-state index contributed by atoms with van der Waals surface area (Å²) in [6.45, 7) is 0.360. The SMILES string of the molecule is COC(CNC(=O)C1CC=CCC1)c1cccc(F)c1. The summed E-state index contributed by atoms with van der Waals surface area (Å²) in [6, 6.07) is 6.27. The van der Waals surface area contributed by atoms with E-state index in [2.05, 4.69) is 11.4 Å². The van der Waals surface area contributed by atoms with Crippen LogP contribution in [0.3, 0.4) is 0 Å². The average molecular weight is 277 g/mol. The second-order valence-electron chi connectivity index (χ2n) is 5.01. The van der Waals surface area contributed by atoms with Crippen molar-refractivity contribution in [3.05, 3.63) is 47.8 Å². The molecule has 2 atom stereocenters. The Bertz CT molecular complexity index is 487. The Hall–Kier alpha value is -1.68. The summed E-state index contributed by atoms with van der Waals surface area (Å²) in [5.41, 5.74) is 0.733. The van der Waals surface area contributed by atoms with Crippen molar-refractivity contribution in [3.8, 4) is 0 Å². The lowest BCUT2D eigenvalue weighted by atomic mass is 9.93. The molecule has 1 aromatic carbocycles. The molecule has 0 spiro atoms. The maximum Gasteiger partial charge on any atom is 0.223 e. The number of halogens is 1. The van der Waals surface area contributed by atoms with Crippen molar-refractivity contribution in [1.82, 2.24) is 5.32 Å². The van der Waals surface area contributed by atoms with E-state index in [1.54, 1.807) is 19.2 Å². The molecule has 0 aliphatic heterocycles. The summed E-state index contributed by atoms with van der Waals surface area (Å²) < 4.78 is 18.5. The van der Waals surface area contributed by atoms with Crippen molar-refractivity contribution in [1.29, 1.82) is 0 Å². The number of allylic oxidation sites excluding steroid dienone is 2. The molecule has 0 saturated heterocycles. The summed E-state index contributed by atoms with van der Waals surface area (Å²) in [7, 11) is 1.56. The summed E-state index contributed by atoms with van der Waals surface area (Å²) in [6.07, 6.45) is 6.47. The van der Waals surface area contributed by atoms with E-state index >= 15 is 0 Å². The van der Waals surface area contributed by atoms with Crippen molar-refractivity contribution >= 4 is 5.91 Å². The molecule has 0 radical (unpaired) electrons. The summed E-state index contributed by atoms with van der Waals surface area (Å²) >= 11 is 0. The van der Waals surface area contributed by atoms with Gasteiger partial charge in [0.1, 0.15) is 5.82 Å². The predicted molar refractivity (Wildman–Crippen MR) is 75.6 cm³/mol. The summed E-state index contributed by atoms with van der Waals surface area (Å²) in [4.78, 5) is 12.0. The molecule has 1 aromatic rings. The zero-order valence-electron chi connectivity index (χ0n) is 11.6. The Balaban J connectivity index is 1.90. The first-order valence-electron chi connectivity index (χ1n) is 6.91. The molecule has 0 bridgehead atoms. The molecule has 108 valence electrons. The Morgan fingerprint density at radius 3 is 3.00 bits per heavy atom. The van der Waals surface area contributed by atoms with Crippen LogP contribution in [0.4, 0.5) is 4.39 Å². The standard InChI is InChI=1S/C16H20FNO2/c1-20-15(13-8-5-9-14(17)10-13)11-18-16(19)12-6-3-2-4-7-12/h2-3,5,8-10,12,15H,4,6-7,11H2,1H3,(H,18,19). The summed E-state index contributed by atoms with van der Waals surface area (Å²) in [5.74, 6) is -0.203. The normalized spacial score (nSPS) is 19.6. The second kappa shape index (κ2) is 7.20. The molecule has 0 saturated carbocycles. The minimum atomic E-state index is -0.325. The quantitative estimate of drug-likeness (QED) is 0.840. The lowest BCUT2D eigenvalue weighted by Gasteiger charge is -2.20. The topological polar surface area (TPSA) is 38.3 Å². The van der Waals surface area contributed by atoms with Crippen LogP contribution in [-0.4, -0.2) is 19.6 Å². The van der Waals surface area contributed by atoms with Gasteiger partial charge in [0.25, 0.3) is 0 Å². The number of benzene rings is 1. The Kier molecular flexibility index (Phi) is 5.30. The zero-order valence-corrected chi connectivity index (χ0v) is 11.6. The van der Waals surface area contributed by atoms with E-state index in [0.717, 1.165) is 24.8 Å². The fourth-order valence-electron chi connectivity index (χ4n) is 2.41. The van der Waals surface area contributed by atoms with Crippen LogP contribution in [0.1, 0.15) is 30.9 Å².